The lowest BCUT2D eigenvalue weighted by Gasteiger charge is -2.21. The second-order valence-electron chi connectivity index (χ2n) is 29.1. The summed E-state index contributed by atoms with van der Waals surface area (Å²) in [6.07, 6.45) is 63.9. The predicted octanol–water partition coefficient (Wildman–Crippen LogP) is 24.0. The summed E-state index contributed by atoms with van der Waals surface area (Å²) in [7, 11) is -9.91. The van der Waals surface area contributed by atoms with Crippen molar-refractivity contribution in [1.29, 1.82) is 0 Å². The molecule has 0 aromatic rings. The van der Waals surface area contributed by atoms with Gasteiger partial charge in [0, 0.05) is 25.7 Å². The smallest absolute Gasteiger partial charge is 0.462 e. The molecule has 6 atom stereocenters. The molecular formula is C80H156O17P2. The van der Waals surface area contributed by atoms with Crippen molar-refractivity contribution < 1.29 is 80.2 Å². The minimum atomic E-state index is -4.96. The molecule has 588 valence electrons. The van der Waals surface area contributed by atoms with Crippen LogP contribution >= 0.6 is 15.6 Å². The van der Waals surface area contributed by atoms with E-state index < -0.39 is 97.5 Å². The van der Waals surface area contributed by atoms with Crippen molar-refractivity contribution >= 4 is 39.5 Å². The molecule has 0 bridgehead atoms. The molecule has 0 heterocycles. The Morgan fingerprint density at radius 3 is 0.717 bits per heavy atom. The molecule has 0 aromatic carbocycles. The Bertz CT molecular complexity index is 1890. The first kappa shape index (κ1) is 97.1. The van der Waals surface area contributed by atoms with Crippen LogP contribution in [0.15, 0.2) is 0 Å². The van der Waals surface area contributed by atoms with E-state index >= 15 is 0 Å². The molecule has 0 aliphatic carbocycles. The Morgan fingerprint density at radius 2 is 0.485 bits per heavy atom. The van der Waals surface area contributed by atoms with Gasteiger partial charge in [0.25, 0.3) is 0 Å². The lowest BCUT2D eigenvalue weighted by atomic mass is 9.99. The molecule has 17 nitrogen and oxygen atoms in total. The average Bonchev–Trinajstić information content (AvgIpc) is 0.993. The fourth-order valence-electron chi connectivity index (χ4n) is 12.4. The summed E-state index contributed by atoms with van der Waals surface area (Å²) in [6, 6.07) is 0. The van der Waals surface area contributed by atoms with Gasteiger partial charge in [-0.1, -0.05) is 375 Å². The number of phosphoric acid groups is 2. The number of hydrogen-bond donors (Lipinski definition) is 3. The lowest BCUT2D eigenvalue weighted by molar-refractivity contribution is -0.161. The number of aliphatic hydroxyl groups excluding tert-OH is 1. The molecule has 0 aromatic heterocycles. The zero-order valence-electron chi connectivity index (χ0n) is 64.6. The summed E-state index contributed by atoms with van der Waals surface area (Å²) in [5.41, 5.74) is 0. The standard InChI is InChI=1S/C80H156O17P2/c1-6-10-13-16-19-21-23-25-27-29-31-36-40-44-49-54-59-64-78(83)91-70-76(97-80(85)66-61-56-51-46-42-38-34-33-35-39-43-48-52-57-62-73(5)9-4)72-95-99(88,89)93-68-74(81)67-92-98(86,87)94-71-75(69-90-77(82)63-58-53-47-18-15-12-8-3)96-79(84)65-60-55-50-45-41-37-32-30-28-26-24-22-20-17-14-11-7-2/h73-76,81H,6-72H2,1-5H3,(H,86,87)(H,88,89)/t73?,74-,75+,76+/m0/s1. The number of phosphoric ester groups is 2. The lowest BCUT2D eigenvalue weighted by Crippen LogP contribution is -2.30. The van der Waals surface area contributed by atoms with E-state index in [0.717, 1.165) is 109 Å². The summed E-state index contributed by atoms with van der Waals surface area (Å²) in [6.45, 7) is 7.34. The molecule has 19 heteroatoms. The zero-order valence-corrected chi connectivity index (χ0v) is 66.4. The van der Waals surface area contributed by atoms with Crippen LogP contribution in [-0.4, -0.2) is 96.7 Å². The van der Waals surface area contributed by atoms with Crippen LogP contribution in [0.4, 0.5) is 0 Å². The third kappa shape index (κ3) is 72.8. The number of carbonyl (C=O) groups is 4. The van der Waals surface area contributed by atoms with Gasteiger partial charge in [0.2, 0.25) is 0 Å². The Kier molecular flexibility index (Phi) is 71.6. The van der Waals surface area contributed by atoms with Crippen LogP contribution < -0.4 is 0 Å². The summed E-state index contributed by atoms with van der Waals surface area (Å²) < 4.78 is 68.6. The van der Waals surface area contributed by atoms with Gasteiger partial charge < -0.3 is 33.8 Å². The largest absolute Gasteiger partial charge is 0.472 e. The third-order valence-electron chi connectivity index (χ3n) is 19.1. The van der Waals surface area contributed by atoms with Gasteiger partial charge in [-0.25, -0.2) is 9.13 Å². The highest BCUT2D eigenvalue weighted by Gasteiger charge is 2.30. The molecule has 0 fully saturated rings. The van der Waals surface area contributed by atoms with Crippen molar-refractivity contribution in [3.63, 3.8) is 0 Å². The first-order valence-corrected chi connectivity index (χ1v) is 44.7. The van der Waals surface area contributed by atoms with Crippen LogP contribution in [0.3, 0.4) is 0 Å². The fraction of sp³-hybridized carbons (Fsp3) is 0.950. The Balaban J connectivity index is 5.18. The summed E-state index contributed by atoms with van der Waals surface area (Å²) in [5.74, 6) is -1.27. The topological polar surface area (TPSA) is 237 Å². The van der Waals surface area contributed by atoms with Crippen molar-refractivity contribution in [2.24, 2.45) is 5.92 Å². The van der Waals surface area contributed by atoms with Crippen molar-refractivity contribution in [3.8, 4) is 0 Å². The average molecular weight is 1450 g/mol. The summed E-state index contributed by atoms with van der Waals surface area (Å²) in [4.78, 5) is 72.9. The molecule has 3 unspecified atom stereocenters. The van der Waals surface area contributed by atoms with Gasteiger partial charge >= 0.3 is 39.5 Å². The molecule has 0 saturated carbocycles. The molecule has 0 spiro atoms. The molecule has 99 heavy (non-hydrogen) atoms. The molecule has 3 N–H and O–H groups in total. The second-order valence-corrected chi connectivity index (χ2v) is 32.0. The van der Waals surface area contributed by atoms with Gasteiger partial charge in [-0.05, 0) is 31.6 Å². The molecule has 0 radical (unpaired) electrons. The maximum atomic E-state index is 13.1. The Hall–Kier alpha value is -1.94. The minimum absolute atomic E-state index is 0.108. The van der Waals surface area contributed by atoms with Crippen LogP contribution in [0, 0.1) is 5.92 Å². The number of rotatable bonds is 80. The predicted molar refractivity (Wildman–Crippen MR) is 405 cm³/mol. The van der Waals surface area contributed by atoms with Gasteiger partial charge in [0.1, 0.15) is 19.3 Å². The van der Waals surface area contributed by atoms with Crippen LogP contribution in [0.25, 0.3) is 0 Å². The molecular weight excluding hydrogens is 1290 g/mol. The highest BCUT2D eigenvalue weighted by atomic mass is 31.2. The van der Waals surface area contributed by atoms with E-state index in [2.05, 4.69) is 34.6 Å². The van der Waals surface area contributed by atoms with E-state index in [1.54, 1.807) is 0 Å². The number of unbranched alkanes of at least 4 members (excludes halogenated alkanes) is 51. The van der Waals surface area contributed by atoms with E-state index in [0.29, 0.717) is 25.7 Å². The van der Waals surface area contributed by atoms with Gasteiger partial charge in [0.05, 0.1) is 26.4 Å². The quantitative estimate of drug-likeness (QED) is 0.0222. The van der Waals surface area contributed by atoms with Crippen molar-refractivity contribution in [2.75, 3.05) is 39.6 Å². The molecule has 0 aliphatic heterocycles. The first-order valence-electron chi connectivity index (χ1n) is 41.7. The van der Waals surface area contributed by atoms with Crippen molar-refractivity contribution in [2.45, 2.75) is 445 Å². The van der Waals surface area contributed by atoms with E-state index in [9.17, 15) is 43.2 Å². The van der Waals surface area contributed by atoms with E-state index in [-0.39, 0.29) is 25.7 Å². The Morgan fingerprint density at radius 1 is 0.283 bits per heavy atom. The maximum Gasteiger partial charge on any atom is 0.472 e. The van der Waals surface area contributed by atoms with Gasteiger partial charge in [-0.3, -0.25) is 37.3 Å². The molecule has 0 rings (SSSR count). The molecule has 0 saturated heterocycles. The number of hydrogen-bond acceptors (Lipinski definition) is 15. The number of carbonyl (C=O) groups excluding carboxylic acids is 4. The Labute approximate surface area is 607 Å². The van der Waals surface area contributed by atoms with Crippen LogP contribution in [0.1, 0.15) is 426 Å². The van der Waals surface area contributed by atoms with Gasteiger partial charge in [-0.2, -0.15) is 0 Å². The van der Waals surface area contributed by atoms with E-state index in [1.165, 1.54) is 238 Å². The van der Waals surface area contributed by atoms with Crippen LogP contribution in [-0.2, 0) is 65.4 Å². The van der Waals surface area contributed by atoms with Crippen molar-refractivity contribution in [3.05, 3.63) is 0 Å². The minimum Gasteiger partial charge on any atom is -0.462 e. The van der Waals surface area contributed by atoms with Gasteiger partial charge in [-0.15, -0.1) is 0 Å². The monoisotopic (exact) mass is 1450 g/mol. The van der Waals surface area contributed by atoms with Crippen LogP contribution in [0.5, 0.6) is 0 Å². The number of ether oxygens (including phenoxy) is 4. The van der Waals surface area contributed by atoms with E-state index in [1.807, 2.05) is 0 Å². The maximum absolute atomic E-state index is 13.1. The molecule has 0 amide bonds. The molecule has 0 aliphatic rings. The highest BCUT2D eigenvalue weighted by molar-refractivity contribution is 7.47. The van der Waals surface area contributed by atoms with Crippen molar-refractivity contribution in [1.82, 2.24) is 0 Å². The second kappa shape index (κ2) is 73.0. The fourth-order valence-corrected chi connectivity index (χ4v) is 14.0. The normalized spacial score (nSPS) is 14.1. The summed E-state index contributed by atoms with van der Waals surface area (Å²) >= 11 is 0. The number of aliphatic hydroxyl groups is 1. The van der Waals surface area contributed by atoms with Gasteiger partial charge in [0.15, 0.2) is 12.2 Å². The zero-order chi connectivity index (χ0) is 72.7. The highest BCUT2D eigenvalue weighted by Crippen LogP contribution is 2.45. The first-order chi connectivity index (χ1) is 48.1. The third-order valence-corrected chi connectivity index (χ3v) is 21.0. The van der Waals surface area contributed by atoms with E-state index in [4.69, 9.17) is 37.0 Å². The summed E-state index contributed by atoms with van der Waals surface area (Å²) in [5, 5.41) is 10.6. The number of esters is 4. The van der Waals surface area contributed by atoms with Crippen LogP contribution in [0.2, 0.25) is 0 Å². The SMILES string of the molecule is CCCCCCCCCCCCCCCCCCCC(=O)OC[C@H](COP(=O)(O)OC[C@@H](O)COP(=O)(O)OC[C@@H](COC(=O)CCCCCCCCC)OC(=O)CCCCCCCCCCCCCCCCCCC)OC(=O)CCCCCCCCCCCCCCCCC(C)CC.